The quantitative estimate of drug-likeness (QED) is 0.428. The van der Waals surface area contributed by atoms with E-state index in [9.17, 15) is 10.1 Å². The van der Waals surface area contributed by atoms with E-state index >= 15 is 0 Å². The fourth-order valence-corrected chi connectivity index (χ4v) is 1.20. The third-order valence-corrected chi connectivity index (χ3v) is 2.08. The molecule has 0 aromatic rings. The highest BCUT2D eigenvalue weighted by Crippen LogP contribution is 2.24. The van der Waals surface area contributed by atoms with E-state index in [1.807, 2.05) is 13.8 Å². The highest BCUT2D eigenvalue weighted by Gasteiger charge is 2.18. The minimum Gasteiger partial charge on any atom is -0.258 e. The Bertz CT molecular complexity index is 251. The molecule has 0 aliphatic heterocycles. The summed E-state index contributed by atoms with van der Waals surface area (Å²) >= 11 is 0. The first kappa shape index (κ1) is 7.98. The smallest absolute Gasteiger partial charge is 0.258 e. The lowest BCUT2D eigenvalue weighted by molar-refractivity contribution is -0.421. The maximum Gasteiger partial charge on any atom is 0.268 e. The number of nitrogens with zero attached hydrogens (tertiary/aromatic N) is 1. The molecule has 3 heteroatoms. The summed E-state index contributed by atoms with van der Waals surface area (Å²) in [6.45, 7) is 3.76. The Morgan fingerprint density at radius 2 is 2.18 bits per heavy atom. The van der Waals surface area contributed by atoms with Crippen LogP contribution < -0.4 is 0 Å². The number of hydrogen-bond donors (Lipinski definition) is 0. The summed E-state index contributed by atoms with van der Waals surface area (Å²) in [6.07, 6.45) is 3.46. The second kappa shape index (κ2) is 2.86. The van der Waals surface area contributed by atoms with Crippen molar-refractivity contribution >= 4 is 0 Å². The molecule has 0 fully saturated rings. The SMILES string of the molecule is CC1=C(C)C([N+](=O)[O-])=CCC1. The Hall–Kier alpha value is -1.12. The van der Waals surface area contributed by atoms with Crippen molar-refractivity contribution in [3.05, 3.63) is 33.0 Å². The van der Waals surface area contributed by atoms with Gasteiger partial charge in [0.15, 0.2) is 0 Å². The van der Waals surface area contributed by atoms with Crippen LogP contribution in [0.2, 0.25) is 0 Å². The highest BCUT2D eigenvalue weighted by molar-refractivity contribution is 5.31. The van der Waals surface area contributed by atoms with Crippen molar-refractivity contribution in [2.45, 2.75) is 26.7 Å². The lowest BCUT2D eigenvalue weighted by atomic mass is 9.98. The minimum absolute atomic E-state index is 0.286. The third-order valence-electron chi connectivity index (χ3n) is 2.08. The van der Waals surface area contributed by atoms with Crippen LogP contribution in [0.3, 0.4) is 0 Å². The summed E-state index contributed by atoms with van der Waals surface area (Å²) in [5.41, 5.74) is 2.26. The molecule has 11 heavy (non-hydrogen) atoms. The first-order valence-corrected chi connectivity index (χ1v) is 3.64. The van der Waals surface area contributed by atoms with Crippen molar-refractivity contribution in [3.63, 3.8) is 0 Å². The van der Waals surface area contributed by atoms with Gasteiger partial charge in [0.05, 0.1) is 4.92 Å². The summed E-state index contributed by atoms with van der Waals surface area (Å²) in [6, 6.07) is 0. The molecule has 0 saturated heterocycles. The number of nitro groups is 1. The van der Waals surface area contributed by atoms with Crippen molar-refractivity contribution in [2.24, 2.45) is 0 Å². The fraction of sp³-hybridized carbons (Fsp3) is 0.500. The molecule has 1 rings (SSSR count). The molecule has 0 spiro atoms. The van der Waals surface area contributed by atoms with E-state index in [0.717, 1.165) is 24.0 Å². The zero-order valence-electron chi connectivity index (χ0n) is 6.76. The topological polar surface area (TPSA) is 43.1 Å². The van der Waals surface area contributed by atoms with Crippen LogP contribution in [0.25, 0.3) is 0 Å². The monoisotopic (exact) mass is 153 g/mol. The Morgan fingerprint density at radius 3 is 2.64 bits per heavy atom. The van der Waals surface area contributed by atoms with Crippen molar-refractivity contribution in [1.82, 2.24) is 0 Å². The predicted octanol–water partition coefficient (Wildman–Crippen LogP) is 2.28. The van der Waals surface area contributed by atoms with E-state index < -0.39 is 0 Å². The minimum atomic E-state index is -0.308. The summed E-state index contributed by atoms with van der Waals surface area (Å²) < 4.78 is 0. The van der Waals surface area contributed by atoms with Gasteiger partial charge in [-0.25, -0.2) is 0 Å². The molecule has 0 aromatic heterocycles. The van der Waals surface area contributed by atoms with Gasteiger partial charge >= 0.3 is 0 Å². The fourth-order valence-electron chi connectivity index (χ4n) is 1.20. The van der Waals surface area contributed by atoms with Gasteiger partial charge in [0.2, 0.25) is 0 Å². The molecule has 0 unspecified atom stereocenters. The maximum atomic E-state index is 10.4. The van der Waals surface area contributed by atoms with Gasteiger partial charge in [0.1, 0.15) is 0 Å². The van der Waals surface area contributed by atoms with Gasteiger partial charge in [-0.2, -0.15) is 0 Å². The lowest BCUT2D eigenvalue weighted by Gasteiger charge is -2.09. The maximum absolute atomic E-state index is 10.4. The number of allylic oxidation sites excluding steroid dienone is 3. The lowest BCUT2D eigenvalue weighted by Crippen LogP contribution is -2.05. The van der Waals surface area contributed by atoms with E-state index in [-0.39, 0.29) is 10.6 Å². The molecule has 0 atom stereocenters. The van der Waals surface area contributed by atoms with E-state index in [2.05, 4.69) is 0 Å². The van der Waals surface area contributed by atoms with Crippen molar-refractivity contribution in [1.29, 1.82) is 0 Å². The molecule has 0 saturated carbocycles. The molecular weight excluding hydrogens is 142 g/mol. The van der Waals surface area contributed by atoms with Crippen LogP contribution in [0, 0.1) is 10.1 Å². The van der Waals surface area contributed by atoms with Crippen LogP contribution in [-0.4, -0.2) is 4.92 Å². The Labute approximate surface area is 65.6 Å². The van der Waals surface area contributed by atoms with Crippen molar-refractivity contribution in [2.75, 3.05) is 0 Å². The van der Waals surface area contributed by atoms with E-state index in [4.69, 9.17) is 0 Å². The standard InChI is InChI=1S/C8H11NO2/c1-6-4-3-5-8(7(6)2)9(10)11/h5H,3-4H2,1-2H3. The average Bonchev–Trinajstić information content (AvgIpc) is 1.94. The van der Waals surface area contributed by atoms with Gasteiger partial charge in [-0.15, -0.1) is 0 Å². The Kier molecular flexibility index (Phi) is 2.08. The van der Waals surface area contributed by atoms with E-state index in [1.165, 1.54) is 0 Å². The molecule has 0 aromatic carbocycles. The second-order valence-corrected chi connectivity index (χ2v) is 2.79. The van der Waals surface area contributed by atoms with E-state index in [1.54, 1.807) is 6.08 Å². The van der Waals surface area contributed by atoms with Gasteiger partial charge < -0.3 is 0 Å². The van der Waals surface area contributed by atoms with Gasteiger partial charge in [0, 0.05) is 5.57 Å². The average molecular weight is 153 g/mol. The van der Waals surface area contributed by atoms with Crippen LogP contribution in [-0.2, 0) is 0 Å². The molecule has 60 valence electrons. The van der Waals surface area contributed by atoms with Crippen LogP contribution >= 0.6 is 0 Å². The van der Waals surface area contributed by atoms with Crippen LogP contribution in [0.1, 0.15) is 26.7 Å². The van der Waals surface area contributed by atoms with Crippen LogP contribution in [0.15, 0.2) is 22.9 Å². The molecule has 0 radical (unpaired) electrons. The predicted molar refractivity (Wildman–Crippen MR) is 42.7 cm³/mol. The first-order chi connectivity index (χ1) is 5.13. The largest absolute Gasteiger partial charge is 0.268 e. The zero-order valence-corrected chi connectivity index (χ0v) is 6.76. The zero-order chi connectivity index (χ0) is 8.43. The molecular formula is C8H11NO2. The normalized spacial score (nSPS) is 18.2. The van der Waals surface area contributed by atoms with Crippen molar-refractivity contribution < 1.29 is 4.92 Å². The third kappa shape index (κ3) is 1.48. The molecule has 0 heterocycles. The molecule has 1 aliphatic rings. The summed E-state index contributed by atoms with van der Waals surface area (Å²) in [5, 5.41) is 10.4. The molecule has 0 amide bonds. The highest BCUT2D eigenvalue weighted by atomic mass is 16.6. The summed E-state index contributed by atoms with van der Waals surface area (Å²) in [4.78, 5) is 10.1. The van der Waals surface area contributed by atoms with Crippen molar-refractivity contribution in [3.8, 4) is 0 Å². The molecule has 0 N–H and O–H groups in total. The number of rotatable bonds is 1. The van der Waals surface area contributed by atoms with Gasteiger partial charge in [-0.05, 0) is 32.8 Å². The Morgan fingerprint density at radius 1 is 1.55 bits per heavy atom. The summed E-state index contributed by atoms with van der Waals surface area (Å²) in [7, 11) is 0. The first-order valence-electron chi connectivity index (χ1n) is 3.64. The van der Waals surface area contributed by atoms with Gasteiger partial charge in [0.25, 0.3) is 5.70 Å². The molecule has 1 aliphatic carbocycles. The van der Waals surface area contributed by atoms with Crippen LogP contribution in [0.4, 0.5) is 0 Å². The summed E-state index contributed by atoms with van der Waals surface area (Å²) in [5.74, 6) is 0. The molecule has 3 nitrogen and oxygen atoms in total. The van der Waals surface area contributed by atoms with E-state index in [0.29, 0.717) is 0 Å². The van der Waals surface area contributed by atoms with Gasteiger partial charge in [-0.1, -0.05) is 5.57 Å². The number of hydrogen-bond acceptors (Lipinski definition) is 2. The van der Waals surface area contributed by atoms with Crippen LogP contribution in [0.5, 0.6) is 0 Å². The van der Waals surface area contributed by atoms with Gasteiger partial charge in [-0.3, -0.25) is 10.1 Å². The Balaban J connectivity index is 2.98. The second-order valence-electron chi connectivity index (χ2n) is 2.79. The molecule has 0 bridgehead atoms.